The van der Waals surface area contributed by atoms with E-state index >= 15 is 0 Å². The fourth-order valence-corrected chi connectivity index (χ4v) is 4.30. The summed E-state index contributed by atoms with van der Waals surface area (Å²) < 4.78 is 0. The lowest BCUT2D eigenvalue weighted by Crippen LogP contribution is -2.51. The average molecular weight is 437 g/mol. The molecule has 0 aromatic carbocycles. The van der Waals surface area contributed by atoms with Crippen molar-refractivity contribution >= 4 is 17.4 Å². The molecule has 0 spiro atoms. The van der Waals surface area contributed by atoms with Crippen molar-refractivity contribution in [3.63, 3.8) is 0 Å². The normalized spacial score (nSPS) is 18.7. The first kappa shape index (κ1) is 22.1. The van der Waals surface area contributed by atoms with Gasteiger partial charge in [-0.1, -0.05) is 6.08 Å². The number of aromatic nitrogens is 2. The number of nitrogens with one attached hydrogen (secondary N) is 2. The molecule has 1 atom stereocenters. The molecule has 4 rings (SSSR count). The van der Waals surface area contributed by atoms with Crippen LogP contribution < -0.4 is 21.5 Å². The van der Waals surface area contributed by atoms with Crippen LogP contribution in [0.25, 0.3) is 11.1 Å². The molecule has 1 saturated heterocycles. The first-order valence-corrected chi connectivity index (χ1v) is 11.4. The second kappa shape index (κ2) is 9.99. The maximum Gasteiger partial charge on any atom is 0.271 e. The maximum absolute atomic E-state index is 12.9. The largest absolute Gasteiger partial charge is 0.373 e. The second-order valence-corrected chi connectivity index (χ2v) is 8.60. The van der Waals surface area contributed by atoms with Crippen molar-refractivity contribution in [3.05, 3.63) is 53.1 Å². The molecule has 2 aromatic rings. The molecule has 0 bridgehead atoms. The Labute approximate surface area is 188 Å². The Bertz CT molecular complexity index is 1030. The Kier molecular flexibility index (Phi) is 6.90. The Morgan fingerprint density at radius 2 is 2.19 bits per heavy atom. The van der Waals surface area contributed by atoms with Crippen molar-refractivity contribution in [1.29, 1.82) is 0 Å². The molecule has 2 aromatic heterocycles. The highest BCUT2D eigenvalue weighted by Gasteiger charge is 2.33. The number of anilines is 2. The molecule has 0 unspecified atom stereocenters. The van der Waals surface area contributed by atoms with E-state index in [2.05, 4.69) is 20.2 Å². The Balaban J connectivity index is 1.63. The van der Waals surface area contributed by atoms with E-state index in [9.17, 15) is 9.59 Å². The van der Waals surface area contributed by atoms with Gasteiger partial charge in [0.1, 0.15) is 11.5 Å². The van der Waals surface area contributed by atoms with Gasteiger partial charge in [0.25, 0.3) is 5.56 Å². The summed E-state index contributed by atoms with van der Waals surface area (Å²) in [5.41, 5.74) is 8.01. The van der Waals surface area contributed by atoms with Gasteiger partial charge in [-0.15, -0.1) is 0 Å². The summed E-state index contributed by atoms with van der Waals surface area (Å²) >= 11 is 0. The highest BCUT2D eigenvalue weighted by molar-refractivity contribution is 5.87. The zero-order chi connectivity index (χ0) is 22.5. The summed E-state index contributed by atoms with van der Waals surface area (Å²) in [5, 5.41) is 3.06. The molecular weight excluding hydrogens is 404 g/mol. The van der Waals surface area contributed by atoms with Crippen molar-refractivity contribution in [3.8, 4) is 11.1 Å². The molecular formula is C24H32N6O2. The van der Waals surface area contributed by atoms with Gasteiger partial charge < -0.3 is 25.8 Å². The maximum atomic E-state index is 12.9. The summed E-state index contributed by atoms with van der Waals surface area (Å²) in [6, 6.07) is 5.99. The standard InChI is InChI=1S/C24H32N6O2/c1-26-22-13-18(8-10-27-22)19-12-21(24(32)28-14-19)30(15-17-6-7-17)20-4-3-11-29(16-20)23(31)5-2-9-25/h2,5,8,10,12-14,17,20H,3-4,6-7,9,11,15-16,25H2,1H3,(H,26,27)(H,28,32)/t20-/m1/s1. The number of piperidine rings is 1. The van der Waals surface area contributed by atoms with Crippen LogP contribution in [0.1, 0.15) is 25.7 Å². The fraction of sp³-hybridized carbons (Fsp3) is 0.458. The lowest BCUT2D eigenvalue weighted by molar-refractivity contribution is -0.127. The van der Waals surface area contributed by atoms with Crippen LogP contribution in [-0.2, 0) is 4.79 Å². The topological polar surface area (TPSA) is 107 Å². The number of carbonyl (C=O) groups excluding carboxylic acids is 1. The minimum atomic E-state index is -0.0937. The minimum Gasteiger partial charge on any atom is -0.373 e. The molecule has 2 aliphatic rings. The van der Waals surface area contributed by atoms with Crippen LogP contribution in [0.15, 0.2) is 47.5 Å². The van der Waals surface area contributed by atoms with Crippen LogP contribution in [0.5, 0.6) is 0 Å². The lowest BCUT2D eigenvalue weighted by atomic mass is 10.0. The molecule has 0 radical (unpaired) electrons. The Hall–Kier alpha value is -3.13. The molecule has 2 fully saturated rings. The highest BCUT2D eigenvalue weighted by Crippen LogP contribution is 2.34. The second-order valence-electron chi connectivity index (χ2n) is 8.60. The van der Waals surface area contributed by atoms with E-state index in [0.29, 0.717) is 24.7 Å². The first-order valence-electron chi connectivity index (χ1n) is 11.4. The van der Waals surface area contributed by atoms with Crippen molar-refractivity contribution < 1.29 is 4.79 Å². The molecule has 1 saturated carbocycles. The molecule has 170 valence electrons. The van der Waals surface area contributed by atoms with E-state index in [0.717, 1.165) is 42.9 Å². The number of pyridine rings is 2. The number of amides is 1. The molecule has 1 amide bonds. The third-order valence-electron chi connectivity index (χ3n) is 6.24. The smallest absolute Gasteiger partial charge is 0.271 e. The molecule has 4 N–H and O–H groups in total. The van der Waals surface area contributed by atoms with Crippen LogP contribution in [0.3, 0.4) is 0 Å². The number of rotatable bonds is 8. The van der Waals surface area contributed by atoms with Gasteiger partial charge in [-0.2, -0.15) is 0 Å². The van der Waals surface area contributed by atoms with E-state index in [-0.39, 0.29) is 17.5 Å². The number of hydrogen-bond acceptors (Lipinski definition) is 6. The molecule has 8 nitrogen and oxygen atoms in total. The number of nitrogens with zero attached hydrogens (tertiary/aromatic N) is 3. The third-order valence-corrected chi connectivity index (χ3v) is 6.24. The lowest BCUT2D eigenvalue weighted by Gasteiger charge is -2.40. The van der Waals surface area contributed by atoms with Gasteiger partial charge in [-0.05, 0) is 55.4 Å². The van der Waals surface area contributed by atoms with Gasteiger partial charge in [-0.3, -0.25) is 9.59 Å². The minimum absolute atomic E-state index is 0.00874. The van der Waals surface area contributed by atoms with Gasteiger partial charge in [0.05, 0.1) is 0 Å². The zero-order valence-electron chi connectivity index (χ0n) is 18.6. The van der Waals surface area contributed by atoms with Crippen molar-refractivity contribution in [2.75, 3.05) is 43.4 Å². The van der Waals surface area contributed by atoms with Crippen molar-refractivity contribution in [2.24, 2.45) is 11.7 Å². The summed E-state index contributed by atoms with van der Waals surface area (Å²) in [4.78, 5) is 36.8. The summed E-state index contributed by atoms with van der Waals surface area (Å²) in [6.07, 6.45) is 11.0. The summed E-state index contributed by atoms with van der Waals surface area (Å²) in [6.45, 7) is 2.55. The monoisotopic (exact) mass is 436 g/mol. The quantitative estimate of drug-likeness (QED) is 0.548. The molecule has 8 heteroatoms. The van der Waals surface area contributed by atoms with E-state index in [1.807, 2.05) is 30.1 Å². The van der Waals surface area contributed by atoms with Gasteiger partial charge in [0, 0.05) is 63.3 Å². The van der Waals surface area contributed by atoms with E-state index in [1.54, 1.807) is 24.5 Å². The van der Waals surface area contributed by atoms with Crippen molar-refractivity contribution in [1.82, 2.24) is 14.9 Å². The van der Waals surface area contributed by atoms with E-state index < -0.39 is 0 Å². The number of carbonyl (C=O) groups is 1. The summed E-state index contributed by atoms with van der Waals surface area (Å²) in [7, 11) is 1.83. The van der Waals surface area contributed by atoms with E-state index in [1.165, 1.54) is 12.8 Å². The average Bonchev–Trinajstić information content (AvgIpc) is 3.66. The number of nitrogens with two attached hydrogens (primary N) is 1. The first-order chi connectivity index (χ1) is 15.6. The SMILES string of the molecule is CNc1cc(-c2c[nH]c(=O)c(N(CC3CC3)[C@@H]3CCCN(C(=O)C=CCN)C3)c2)ccn1. The Morgan fingerprint density at radius 3 is 2.94 bits per heavy atom. The van der Waals surface area contributed by atoms with Crippen LogP contribution in [-0.4, -0.2) is 60.0 Å². The number of likely N-dealkylation sites (tertiary alicyclic amines) is 1. The zero-order valence-corrected chi connectivity index (χ0v) is 18.6. The predicted octanol–water partition coefficient (Wildman–Crippen LogP) is 2.20. The van der Waals surface area contributed by atoms with Gasteiger partial charge in [0.15, 0.2) is 0 Å². The molecule has 1 aliphatic heterocycles. The van der Waals surface area contributed by atoms with Crippen LogP contribution in [0.2, 0.25) is 0 Å². The van der Waals surface area contributed by atoms with Gasteiger partial charge in [-0.25, -0.2) is 4.98 Å². The third kappa shape index (κ3) is 5.19. The Morgan fingerprint density at radius 1 is 1.34 bits per heavy atom. The fourth-order valence-electron chi connectivity index (χ4n) is 4.30. The van der Waals surface area contributed by atoms with E-state index in [4.69, 9.17) is 5.73 Å². The molecule has 32 heavy (non-hydrogen) atoms. The van der Waals surface area contributed by atoms with Crippen LogP contribution >= 0.6 is 0 Å². The number of H-pyrrole nitrogens is 1. The van der Waals surface area contributed by atoms with Crippen LogP contribution in [0.4, 0.5) is 11.5 Å². The highest BCUT2D eigenvalue weighted by atomic mass is 16.2. The molecule has 1 aliphatic carbocycles. The van der Waals surface area contributed by atoms with Crippen molar-refractivity contribution in [2.45, 2.75) is 31.7 Å². The number of hydrogen-bond donors (Lipinski definition) is 3. The predicted molar refractivity (Wildman–Crippen MR) is 128 cm³/mol. The van der Waals surface area contributed by atoms with Crippen LogP contribution in [0, 0.1) is 5.92 Å². The van der Waals surface area contributed by atoms with Gasteiger partial charge >= 0.3 is 0 Å². The van der Waals surface area contributed by atoms with Gasteiger partial charge in [0.2, 0.25) is 5.91 Å². The molecule has 3 heterocycles. The summed E-state index contributed by atoms with van der Waals surface area (Å²) in [5.74, 6) is 1.38. The number of aromatic amines is 1.